The van der Waals surface area contributed by atoms with E-state index in [2.05, 4.69) is 9.73 Å². The summed E-state index contributed by atoms with van der Waals surface area (Å²) in [7, 11) is 0.842. The van der Waals surface area contributed by atoms with Crippen molar-refractivity contribution in [3.05, 3.63) is 51.2 Å². The summed E-state index contributed by atoms with van der Waals surface area (Å²) in [6, 6.07) is 4.42. The molecule has 1 aliphatic rings. The summed E-state index contributed by atoms with van der Waals surface area (Å²) >= 11 is 0. The number of halogens is 3. The highest BCUT2D eigenvalue weighted by Gasteiger charge is 2.49. The lowest BCUT2D eigenvalue weighted by Crippen LogP contribution is -2.37. The maximum absolute atomic E-state index is 13.5. The lowest BCUT2D eigenvalue weighted by atomic mass is 9.75. The van der Waals surface area contributed by atoms with Crippen molar-refractivity contribution in [3.8, 4) is 0 Å². The first-order valence-electron chi connectivity index (χ1n) is 7.41. The first-order chi connectivity index (χ1) is 12.5. The lowest BCUT2D eigenvalue weighted by Gasteiger charge is -2.31. The summed E-state index contributed by atoms with van der Waals surface area (Å²) in [5.74, 6) is -6.24. The normalized spacial score (nSPS) is 20.1. The van der Waals surface area contributed by atoms with Gasteiger partial charge in [0.15, 0.2) is 5.70 Å². The van der Waals surface area contributed by atoms with Crippen molar-refractivity contribution in [3.63, 3.8) is 0 Å². The number of allylic oxidation sites excluding steroid dienone is 1. The number of alkyl halides is 3. The number of hydrogen-bond acceptors (Lipinski definition) is 6. The minimum absolute atomic E-state index is 0.145. The average Bonchev–Trinajstić information content (AvgIpc) is 2.59. The van der Waals surface area contributed by atoms with Crippen LogP contribution in [0, 0.1) is 16.0 Å². The van der Waals surface area contributed by atoms with E-state index >= 15 is 0 Å². The van der Waals surface area contributed by atoms with E-state index in [0.29, 0.717) is 0 Å². The van der Waals surface area contributed by atoms with E-state index in [1.165, 1.54) is 12.1 Å². The average molecular weight is 386 g/mol. The molecule has 1 heterocycles. The Labute approximate surface area is 150 Å². The fraction of sp³-hybridized carbons (Fsp3) is 0.312. The summed E-state index contributed by atoms with van der Waals surface area (Å²) < 4.78 is 44.8. The Kier molecular flexibility index (Phi) is 5.33. The van der Waals surface area contributed by atoms with E-state index in [1.807, 2.05) is 0 Å². The summed E-state index contributed by atoms with van der Waals surface area (Å²) in [6.45, 7) is 1.09. The van der Waals surface area contributed by atoms with Gasteiger partial charge in [-0.25, -0.2) is 4.79 Å². The van der Waals surface area contributed by atoms with Gasteiger partial charge in [0.1, 0.15) is 5.92 Å². The van der Waals surface area contributed by atoms with Gasteiger partial charge in [-0.15, -0.1) is 0 Å². The molecule has 0 aliphatic carbocycles. The SMILES string of the molecule is COC(=O)C1=C(C(F)(F)F)N=C(C)C(C(=O)O)C1c1cccc([N+](=O)[O-])c1. The molecule has 0 spiro atoms. The fourth-order valence-corrected chi connectivity index (χ4v) is 2.92. The molecular weight excluding hydrogens is 373 g/mol. The van der Waals surface area contributed by atoms with Gasteiger partial charge in [-0.2, -0.15) is 13.2 Å². The van der Waals surface area contributed by atoms with Crippen LogP contribution in [0.1, 0.15) is 18.4 Å². The summed E-state index contributed by atoms with van der Waals surface area (Å²) in [4.78, 5) is 37.3. The molecule has 0 saturated heterocycles. The van der Waals surface area contributed by atoms with Crippen molar-refractivity contribution in [2.45, 2.75) is 19.0 Å². The van der Waals surface area contributed by atoms with E-state index in [9.17, 15) is 38.0 Å². The van der Waals surface area contributed by atoms with Gasteiger partial charge in [-0.05, 0) is 12.5 Å². The Hall–Kier alpha value is -3.24. The van der Waals surface area contributed by atoms with Crippen LogP contribution in [0.25, 0.3) is 0 Å². The highest BCUT2D eigenvalue weighted by Crippen LogP contribution is 2.44. The molecule has 2 unspecified atom stereocenters. The van der Waals surface area contributed by atoms with Gasteiger partial charge in [0.2, 0.25) is 0 Å². The molecule has 2 rings (SSSR count). The molecule has 2 atom stereocenters. The molecular formula is C16H13F3N2O6. The van der Waals surface area contributed by atoms with Crippen LogP contribution in [0.2, 0.25) is 0 Å². The predicted octanol–water partition coefficient (Wildman–Crippen LogP) is 2.84. The van der Waals surface area contributed by atoms with Gasteiger partial charge in [0.05, 0.1) is 17.6 Å². The second-order valence-corrected chi connectivity index (χ2v) is 5.65. The molecule has 0 amide bonds. The third-order valence-corrected chi connectivity index (χ3v) is 4.02. The van der Waals surface area contributed by atoms with E-state index in [1.54, 1.807) is 0 Å². The van der Waals surface area contributed by atoms with Gasteiger partial charge in [0, 0.05) is 23.8 Å². The van der Waals surface area contributed by atoms with Gasteiger partial charge in [-0.3, -0.25) is 19.9 Å². The molecule has 27 heavy (non-hydrogen) atoms. The molecule has 1 N–H and O–H groups in total. The van der Waals surface area contributed by atoms with Crippen LogP contribution in [0.5, 0.6) is 0 Å². The van der Waals surface area contributed by atoms with E-state index in [0.717, 1.165) is 26.2 Å². The lowest BCUT2D eigenvalue weighted by molar-refractivity contribution is -0.384. The number of rotatable bonds is 4. The zero-order valence-electron chi connectivity index (χ0n) is 14.0. The zero-order chi connectivity index (χ0) is 20.5. The number of esters is 1. The number of nitro groups is 1. The van der Waals surface area contributed by atoms with Crippen molar-refractivity contribution >= 4 is 23.3 Å². The van der Waals surface area contributed by atoms with E-state index < -0.39 is 51.8 Å². The van der Waals surface area contributed by atoms with Crippen molar-refractivity contribution in [2.75, 3.05) is 7.11 Å². The summed E-state index contributed by atoms with van der Waals surface area (Å²) in [5, 5.41) is 20.5. The summed E-state index contributed by atoms with van der Waals surface area (Å²) in [6.07, 6.45) is -5.06. The minimum atomic E-state index is -5.06. The Morgan fingerprint density at radius 1 is 1.33 bits per heavy atom. The number of aliphatic carboxylic acids is 1. The van der Waals surface area contributed by atoms with Crippen molar-refractivity contribution in [1.82, 2.24) is 0 Å². The number of nitro benzene ring substituents is 1. The number of hydrogen-bond donors (Lipinski definition) is 1. The molecule has 8 nitrogen and oxygen atoms in total. The third-order valence-electron chi connectivity index (χ3n) is 4.02. The number of methoxy groups -OCH3 is 1. The highest BCUT2D eigenvalue weighted by molar-refractivity contribution is 6.06. The number of benzene rings is 1. The van der Waals surface area contributed by atoms with E-state index in [-0.39, 0.29) is 11.3 Å². The molecule has 0 saturated carbocycles. The molecule has 0 bridgehead atoms. The second-order valence-electron chi connectivity index (χ2n) is 5.65. The topological polar surface area (TPSA) is 119 Å². The van der Waals surface area contributed by atoms with Crippen molar-refractivity contribution in [1.29, 1.82) is 0 Å². The Balaban J connectivity index is 2.85. The quantitative estimate of drug-likeness (QED) is 0.483. The monoisotopic (exact) mass is 386 g/mol. The molecule has 11 heteroatoms. The molecule has 0 radical (unpaired) electrons. The number of aliphatic imine (C=N–C) groups is 1. The van der Waals surface area contributed by atoms with Crippen LogP contribution < -0.4 is 0 Å². The van der Waals surface area contributed by atoms with E-state index in [4.69, 9.17) is 0 Å². The number of non-ortho nitro benzene ring substituents is 1. The standard InChI is InChI=1S/C16H13F3N2O6/c1-7-10(14(22)23)11(8-4-3-5-9(6-8)21(25)26)12(15(24)27-2)13(20-7)16(17,18)19/h3-6,10-11H,1-2H3,(H,22,23). The van der Waals surface area contributed by atoms with Gasteiger partial charge in [0.25, 0.3) is 5.69 Å². The third kappa shape index (κ3) is 3.81. The van der Waals surface area contributed by atoms with Crippen molar-refractivity contribution < 1.29 is 37.5 Å². The maximum atomic E-state index is 13.5. The molecule has 1 aromatic carbocycles. The molecule has 144 valence electrons. The highest BCUT2D eigenvalue weighted by atomic mass is 19.4. The number of carbonyl (C=O) groups is 2. The smallest absolute Gasteiger partial charge is 0.433 e. The zero-order valence-corrected chi connectivity index (χ0v) is 14.0. The summed E-state index contributed by atoms with van der Waals surface area (Å²) in [5.41, 5.74) is -3.59. The Bertz CT molecular complexity index is 875. The Morgan fingerprint density at radius 3 is 2.44 bits per heavy atom. The molecule has 1 aliphatic heterocycles. The fourth-order valence-electron chi connectivity index (χ4n) is 2.92. The Morgan fingerprint density at radius 2 is 1.96 bits per heavy atom. The minimum Gasteiger partial charge on any atom is -0.481 e. The number of carbonyl (C=O) groups excluding carboxylic acids is 1. The van der Waals surface area contributed by atoms with Crippen LogP contribution in [-0.4, -0.2) is 41.0 Å². The number of ether oxygens (including phenoxy) is 1. The van der Waals surface area contributed by atoms with Crippen LogP contribution in [0.15, 0.2) is 40.5 Å². The van der Waals surface area contributed by atoms with Crippen LogP contribution >= 0.6 is 0 Å². The van der Waals surface area contributed by atoms with Crippen LogP contribution in [-0.2, 0) is 14.3 Å². The van der Waals surface area contributed by atoms with Gasteiger partial charge >= 0.3 is 18.1 Å². The predicted molar refractivity (Wildman–Crippen MR) is 85.2 cm³/mol. The molecule has 0 aromatic heterocycles. The number of nitrogens with zero attached hydrogens (tertiary/aromatic N) is 2. The molecule has 0 fully saturated rings. The maximum Gasteiger partial charge on any atom is 0.433 e. The van der Waals surface area contributed by atoms with Crippen molar-refractivity contribution in [2.24, 2.45) is 10.9 Å². The largest absolute Gasteiger partial charge is 0.481 e. The number of carboxylic acids is 1. The van der Waals surface area contributed by atoms with Crippen LogP contribution in [0.3, 0.4) is 0 Å². The first-order valence-corrected chi connectivity index (χ1v) is 7.41. The molecule has 1 aromatic rings. The first kappa shape index (κ1) is 20.1. The van der Waals surface area contributed by atoms with Crippen LogP contribution in [0.4, 0.5) is 18.9 Å². The van der Waals surface area contributed by atoms with Gasteiger partial charge < -0.3 is 9.84 Å². The van der Waals surface area contributed by atoms with Gasteiger partial charge in [-0.1, -0.05) is 12.1 Å². The number of carboxylic acid groups (broad SMARTS) is 1. The second kappa shape index (κ2) is 7.17.